The highest BCUT2D eigenvalue weighted by atomic mass is 16.7. The first kappa shape index (κ1) is 47.4. The predicted molar refractivity (Wildman–Crippen MR) is 223 cm³/mol. The Labute approximate surface area is 369 Å². The quantitative estimate of drug-likeness (QED) is 0.132. The van der Waals surface area contributed by atoms with Crippen LogP contribution in [0.25, 0.3) is 0 Å². The summed E-state index contributed by atoms with van der Waals surface area (Å²) in [5, 5.41) is 81.8. The van der Waals surface area contributed by atoms with Gasteiger partial charge in [0.25, 0.3) is 0 Å². The maximum atomic E-state index is 13.7. The van der Waals surface area contributed by atoms with Gasteiger partial charge in [-0.3, -0.25) is 0 Å². The molecule has 7 N–H and O–H groups in total. The van der Waals surface area contributed by atoms with Crippen molar-refractivity contribution in [2.24, 2.45) is 16.7 Å². The molecule has 0 bridgehead atoms. The lowest BCUT2D eigenvalue weighted by molar-refractivity contribution is -0.336. The van der Waals surface area contributed by atoms with Crippen molar-refractivity contribution >= 4 is 5.97 Å². The number of hydrogen-bond acceptors (Lipinski definition) is 16. The summed E-state index contributed by atoms with van der Waals surface area (Å²) in [5.74, 6) is -1.17. The SMILES string of the molecule is CO[C@@H]1C[C@H](O[C@H]2[C@@H](O)C[C@H](O[C@H]3[C@@H](O)C[C@H](O[C@H]4CC[C@@]5(C)C(=CC[C@]6(O)[C@@H]5C[C@@H](OC(=O)c5ccccc5)[C@@]5(C)[C@]6(O)CC[C@@]5(O)[C@H](C)O)C4)O[C@@H]3C)O[C@@H]2C)O[C@H](C)[C@H]1O. The van der Waals surface area contributed by atoms with Crippen LogP contribution in [0.2, 0.25) is 0 Å². The molecule has 3 saturated heterocycles. The van der Waals surface area contributed by atoms with Crippen LogP contribution in [-0.4, -0.2) is 158 Å². The molecule has 0 amide bonds. The number of carbonyl (C=O) groups excluding carboxylic acids is 1. The maximum absolute atomic E-state index is 13.7. The summed E-state index contributed by atoms with van der Waals surface area (Å²) in [6.45, 7) is 10.5. The Bertz CT molecular complexity index is 1790. The maximum Gasteiger partial charge on any atom is 0.338 e. The second-order valence-electron chi connectivity index (χ2n) is 20.1. The first-order valence-electron chi connectivity index (χ1n) is 23.0. The summed E-state index contributed by atoms with van der Waals surface area (Å²) < 4.78 is 48.9. The highest BCUT2D eigenvalue weighted by Gasteiger charge is 2.81. The molecule has 1 aromatic carbocycles. The van der Waals surface area contributed by atoms with Crippen LogP contribution >= 0.6 is 0 Å². The van der Waals surface area contributed by atoms with E-state index in [0.717, 1.165) is 5.57 Å². The largest absolute Gasteiger partial charge is 0.458 e. The molecule has 7 aliphatic rings. The zero-order valence-corrected chi connectivity index (χ0v) is 37.6. The summed E-state index contributed by atoms with van der Waals surface area (Å²) in [5.41, 5.74) is -6.33. The lowest BCUT2D eigenvalue weighted by Crippen LogP contribution is -2.78. The van der Waals surface area contributed by atoms with Crippen LogP contribution in [0.4, 0.5) is 0 Å². The Morgan fingerprint density at radius 1 is 0.794 bits per heavy atom. The van der Waals surface area contributed by atoms with Gasteiger partial charge in [-0.25, -0.2) is 4.79 Å². The molecule has 21 atom stereocenters. The second-order valence-corrected chi connectivity index (χ2v) is 20.1. The number of carbonyl (C=O) groups is 1. The molecule has 3 saturated carbocycles. The molecule has 3 heterocycles. The van der Waals surface area contributed by atoms with Gasteiger partial charge in [0.1, 0.15) is 41.2 Å². The summed E-state index contributed by atoms with van der Waals surface area (Å²) in [4.78, 5) is 13.7. The molecule has 16 heteroatoms. The Balaban J connectivity index is 0.906. The first-order valence-corrected chi connectivity index (χ1v) is 23.0. The van der Waals surface area contributed by atoms with Gasteiger partial charge in [-0.05, 0) is 90.2 Å². The molecule has 4 aliphatic carbocycles. The van der Waals surface area contributed by atoms with Crippen LogP contribution in [0, 0.1) is 16.7 Å². The third-order valence-corrected chi connectivity index (χ3v) is 16.8. The number of fused-ring (bicyclic) bond motifs is 5. The monoisotopic (exact) mass is 890 g/mol. The van der Waals surface area contributed by atoms with Crippen molar-refractivity contribution in [3.05, 3.63) is 47.5 Å². The number of esters is 1. The summed E-state index contributed by atoms with van der Waals surface area (Å²) in [6.07, 6.45) is -6.78. The normalized spacial score (nSPS) is 50.4. The average Bonchev–Trinajstić information content (AvgIpc) is 3.47. The fourth-order valence-electron chi connectivity index (χ4n) is 12.9. The van der Waals surface area contributed by atoms with E-state index in [2.05, 4.69) is 6.92 Å². The van der Waals surface area contributed by atoms with E-state index in [9.17, 15) is 40.5 Å². The van der Waals surface area contributed by atoms with Gasteiger partial charge in [0.15, 0.2) is 18.9 Å². The minimum atomic E-state index is -1.91. The predicted octanol–water partition coefficient (Wildman–Crippen LogP) is 2.78. The van der Waals surface area contributed by atoms with Gasteiger partial charge in [-0.2, -0.15) is 0 Å². The van der Waals surface area contributed by atoms with Crippen LogP contribution in [-0.2, 0) is 37.9 Å². The van der Waals surface area contributed by atoms with Crippen LogP contribution in [0.1, 0.15) is 116 Å². The molecule has 8 rings (SSSR count). The number of aliphatic hydroxyl groups excluding tert-OH is 4. The summed E-state index contributed by atoms with van der Waals surface area (Å²) >= 11 is 0. The van der Waals surface area contributed by atoms with E-state index >= 15 is 0 Å². The number of benzene rings is 1. The molecule has 0 unspecified atom stereocenters. The van der Waals surface area contributed by atoms with Crippen LogP contribution in [0.15, 0.2) is 42.0 Å². The zero-order chi connectivity index (χ0) is 45.4. The molecule has 16 nitrogen and oxygen atoms in total. The van der Waals surface area contributed by atoms with Gasteiger partial charge in [0.05, 0.1) is 59.8 Å². The van der Waals surface area contributed by atoms with Gasteiger partial charge in [-0.1, -0.05) is 43.7 Å². The average molecular weight is 891 g/mol. The second kappa shape index (κ2) is 17.5. The molecule has 0 radical (unpaired) electrons. The van der Waals surface area contributed by atoms with Crippen molar-refractivity contribution in [1.29, 1.82) is 0 Å². The number of rotatable bonds is 10. The number of methoxy groups -OCH3 is 1. The van der Waals surface area contributed by atoms with Crippen LogP contribution in [0.5, 0.6) is 0 Å². The van der Waals surface area contributed by atoms with E-state index in [-0.39, 0.29) is 44.6 Å². The van der Waals surface area contributed by atoms with Crippen molar-refractivity contribution < 1.29 is 78.4 Å². The van der Waals surface area contributed by atoms with Gasteiger partial charge in [-0.15, -0.1) is 0 Å². The van der Waals surface area contributed by atoms with Gasteiger partial charge in [0.2, 0.25) is 0 Å². The van der Waals surface area contributed by atoms with Crippen molar-refractivity contribution in [2.45, 2.75) is 215 Å². The molecule has 1 aromatic rings. The van der Waals surface area contributed by atoms with E-state index in [4.69, 9.17) is 37.9 Å². The highest BCUT2D eigenvalue weighted by molar-refractivity contribution is 5.89. The molecular formula is C47H70O16. The fraction of sp³-hybridized carbons (Fsp3) is 0.809. The molecule has 0 spiro atoms. The van der Waals surface area contributed by atoms with Crippen molar-refractivity contribution in [2.75, 3.05) is 7.11 Å². The molecule has 6 fully saturated rings. The number of aliphatic hydroxyl groups is 7. The number of hydrogen-bond donors (Lipinski definition) is 7. The summed E-state index contributed by atoms with van der Waals surface area (Å²) in [6, 6.07) is 8.53. The van der Waals surface area contributed by atoms with E-state index in [1.165, 1.54) is 14.0 Å². The standard InChI is InChI=1S/C47H70O16/c1-24-39(51)33(56-7)22-38(57-24)63-41-26(3)59-37(21-32(41)50)62-40-25(2)58-36(20-31(40)49)60-30-14-15-43(5)29(19-30)13-16-46(54)34(43)23-35(61-42(52)28-11-9-8-10-12-28)44(6)45(53,27(4)48)17-18-47(44,46)55/h8-13,24-27,30-41,48-51,53-55H,14-23H2,1-7H3/t24-,25-,26-,27+,30+,31+,32+,33-,34-,35-,36+,37+,38+,39-,40-,41-,43+,44-,45-,46+,47-/m1/s1. The lowest BCUT2D eigenvalue weighted by Gasteiger charge is -2.67. The van der Waals surface area contributed by atoms with Gasteiger partial charge >= 0.3 is 5.97 Å². The molecule has 3 aliphatic heterocycles. The third kappa shape index (κ3) is 7.84. The summed E-state index contributed by atoms with van der Waals surface area (Å²) in [7, 11) is 1.52. The topological polar surface area (TPSA) is 233 Å². The van der Waals surface area contributed by atoms with E-state index in [1.54, 1.807) is 58.0 Å². The Kier molecular flexibility index (Phi) is 13.2. The van der Waals surface area contributed by atoms with Gasteiger partial charge in [0, 0.05) is 32.3 Å². The Morgan fingerprint density at radius 2 is 1.38 bits per heavy atom. The molecular weight excluding hydrogens is 821 g/mol. The first-order chi connectivity index (χ1) is 29.7. The van der Waals surface area contributed by atoms with Crippen LogP contribution in [0.3, 0.4) is 0 Å². The number of ether oxygens (including phenoxy) is 8. The minimum absolute atomic E-state index is 0.00523. The Morgan fingerprint density at radius 3 is 1.97 bits per heavy atom. The molecule has 63 heavy (non-hydrogen) atoms. The third-order valence-electron chi connectivity index (χ3n) is 16.8. The highest BCUT2D eigenvalue weighted by Crippen LogP contribution is 2.71. The minimum Gasteiger partial charge on any atom is -0.458 e. The lowest BCUT2D eigenvalue weighted by atomic mass is 9.42. The van der Waals surface area contributed by atoms with Crippen molar-refractivity contribution in [1.82, 2.24) is 0 Å². The Hall–Kier alpha value is -2.13. The van der Waals surface area contributed by atoms with E-state index < -0.39 is 126 Å². The fourth-order valence-corrected chi connectivity index (χ4v) is 12.9. The van der Waals surface area contributed by atoms with E-state index in [0.29, 0.717) is 31.2 Å². The molecule has 0 aromatic heterocycles. The molecule has 354 valence electrons. The van der Waals surface area contributed by atoms with Gasteiger partial charge < -0.3 is 73.6 Å². The van der Waals surface area contributed by atoms with Crippen molar-refractivity contribution in [3.63, 3.8) is 0 Å². The van der Waals surface area contributed by atoms with E-state index in [1.807, 2.05) is 6.08 Å². The van der Waals surface area contributed by atoms with Crippen LogP contribution < -0.4 is 0 Å². The smallest absolute Gasteiger partial charge is 0.338 e. The van der Waals surface area contributed by atoms with Crippen molar-refractivity contribution in [3.8, 4) is 0 Å². The zero-order valence-electron chi connectivity index (χ0n) is 37.6.